The molecular formula is C14H25N3O. The molecule has 0 bridgehead atoms. The van der Waals surface area contributed by atoms with Gasteiger partial charge in [-0.15, -0.1) is 0 Å². The van der Waals surface area contributed by atoms with E-state index in [9.17, 15) is 5.11 Å². The molecule has 4 nitrogen and oxygen atoms in total. The van der Waals surface area contributed by atoms with Gasteiger partial charge in [-0.3, -0.25) is 4.68 Å². The quantitative estimate of drug-likeness (QED) is 0.875. The fourth-order valence-electron chi connectivity index (χ4n) is 3.21. The highest BCUT2D eigenvalue weighted by Crippen LogP contribution is 2.37. The lowest BCUT2D eigenvalue weighted by molar-refractivity contribution is -0.0512. The molecule has 2 unspecified atom stereocenters. The lowest BCUT2D eigenvalue weighted by atomic mass is 9.72. The maximum Gasteiger partial charge on any atom is 0.138 e. The Labute approximate surface area is 109 Å². The summed E-state index contributed by atoms with van der Waals surface area (Å²) in [4.78, 5) is 4.33. The van der Waals surface area contributed by atoms with Crippen LogP contribution in [-0.2, 0) is 13.0 Å². The first-order valence-corrected chi connectivity index (χ1v) is 7.28. The van der Waals surface area contributed by atoms with E-state index >= 15 is 0 Å². The summed E-state index contributed by atoms with van der Waals surface area (Å²) in [5.41, 5.74) is -0.564. The van der Waals surface area contributed by atoms with Gasteiger partial charge < -0.3 is 5.11 Å². The van der Waals surface area contributed by atoms with Gasteiger partial charge in [0.1, 0.15) is 12.2 Å². The molecule has 0 saturated heterocycles. The monoisotopic (exact) mass is 251 g/mol. The van der Waals surface area contributed by atoms with Crippen LogP contribution in [0.5, 0.6) is 0 Å². The average Bonchev–Trinajstić information content (AvgIpc) is 2.77. The molecule has 2 atom stereocenters. The molecule has 0 aliphatic heterocycles. The van der Waals surface area contributed by atoms with Crippen molar-refractivity contribution in [3.05, 3.63) is 12.2 Å². The molecule has 4 heteroatoms. The van der Waals surface area contributed by atoms with Gasteiger partial charge in [0.05, 0.1) is 5.60 Å². The van der Waals surface area contributed by atoms with Crippen molar-refractivity contribution in [1.82, 2.24) is 14.8 Å². The average molecular weight is 251 g/mol. The van der Waals surface area contributed by atoms with Crippen molar-refractivity contribution in [2.45, 2.75) is 70.9 Å². The molecule has 1 aromatic rings. The van der Waals surface area contributed by atoms with E-state index in [1.807, 2.05) is 4.68 Å². The Morgan fingerprint density at radius 3 is 3.00 bits per heavy atom. The molecule has 1 aromatic heterocycles. The Morgan fingerprint density at radius 2 is 2.28 bits per heavy atom. The van der Waals surface area contributed by atoms with Crippen LogP contribution in [0, 0.1) is 5.92 Å². The standard InChI is InChI=1S/C14H25N3O/c1-3-9-17-13(15-11-16-17)10-14(18)8-6-5-7-12(14)4-2/h11-12,18H,3-10H2,1-2H3. The second kappa shape index (κ2) is 5.83. The molecule has 0 radical (unpaired) electrons. The van der Waals surface area contributed by atoms with Crippen LogP contribution in [0.1, 0.15) is 58.2 Å². The van der Waals surface area contributed by atoms with Gasteiger partial charge in [-0.2, -0.15) is 5.10 Å². The largest absolute Gasteiger partial charge is 0.389 e. The number of aromatic nitrogens is 3. The summed E-state index contributed by atoms with van der Waals surface area (Å²) in [6, 6.07) is 0. The van der Waals surface area contributed by atoms with Crippen LogP contribution in [0.25, 0.3) is 0 Å². The van der Waals surface area contributed by atoms with Crippen molar-refractivity contribution in [2.75, 3.05) is 0 Å². The molecule has 0 aromatic carbocycles. The van der Waals surface area contributed by atoms with Gasteiger partial charge in [0.15, 0.2) is 0 Å². The molecule has 102 valence electrons. The highest BCUT2D eigenvalue weighted by Gasteiger charge is 2.38. The summed E-state index contributed by atoms with van der Waals surface area (Å²) < 4.78 is 1.94. The summed E-state index contributed by atoms with van der Waals surface area (Å²) in [6.07, 6.45) is 8.81. The van der Waals surface area contributed by atoms with Crippen molar-refractivity contribution in [1.29, 1.82) is 0 Å². The first-order chi connectivity index (χ1) is 8.69. The van der Waals surface area contributed by atoms with Crippen molar-refractivity contribution in [3.8, 4) is 0 Å². The van der Waals surface area contributed by atoms with Gasteiger partial charge in [-0.25, -0.2) is 4.98 Å². The highest BCUT2D eigenvalue weighted by atomic mass is 16.3. The summed E-state index contributed by atoms with van der Waals surface area (Å²) in [6.45, 7) is 5.20. The Balaban J connectivity index is 2.12. The zero-order valence-electron chi connectivity index (χ0n) is 11.6. The van der Waals surface area contributed by atoms with E-state index in [0.717, 1.165) is 44.5 Å². The van der Waals surface area contributed by atoms with Crippen LogP contribution >= 0.6 is 0 Å². The molecule has 1 N–H and O–H groups in total. The lowest BCUT2D eigenvalue weighted by Crippen LogP contribution is -2.43. The number of aryl methyl sites for hydroxylation is 1. The minimum absolute atomic E-state index is 0.415. The van der Waals surface area contributed by atoms with Crippen molar-refractivity contribution in [2.24, 2.45) is 5.92 Å². The first-order valence-electron chi connectivity index (χ1n) is 7.28. The van der Waals surface area contributed by atoms with Gasteiger partial charge in [-0.05, 0) is 25.2 Å². The lowest BCUT2D eigenvalue weighted by Gasteiger charge is -2.39. The Morgan fingerprint density at radius 1 is 1.44 bits per heavy atom. The normalized spacial score (nSPS) is 28.5. The summed E-state index contributed by atoms with van der Waals surface area (Å²) >= 11 is 0. The Kier molecular flexibility index (Phi) is 4.38. The van der Waals surface area contributed by atoms with E-state index in [0.29, 0.717) is 12.3 Å². The summed E-state index contributed by atoms with van der Waals surface area (Å²) in [5, 5.41) is 15.2. The number of hydrogen-bond donors (Lipinski definition) is 1. The molecule has 1 fully saturated rings. The molecule has 18 heavy (non-hydrogen) atoms. The third-order valence-electron chi connectivity index (χ3n) is 4.26. The number of rotatable bonds is 5. The van der Waals surface area contributed by atoms with Crippen LogP contribution < -0.4 is 0 Å². The number of aliphatic hydroxyl groups is 1. The van der Waals surface area contributed by atoms with Gasteiger partial charge in [0.25, 0.3) is 0 Å². The van der Waals surface area contributed by atoms with Gasteiger partial charge in [0, 0.05) is 13.0 Å². The van der Waals surface area contributed by atoms with E-state index in [2.05, 4.69) is 23.9 Å². The summed E-state index contributed by atoms with van der Waals surface area (Å²) in [5.74, 6) is 1.36. The second-order valence-electron chi connectivity index (χ2n) is 5.53. The molecule has 1 aliphatic carbocycles. The van der Waals surface area contributed by atoms with E-state index in [4.69, 9.17) is 0 Å². The topological polar surface area (TPSA) is 50.9 Å². The third kappa shape index (κ3) is 2.74. The summed E-state index contributed by atoms with van der Waals surface area (Å²) in [7, 11) is 0. The zero-order valence-corrected chi connectivity index (χ0v) is 11.6. The predicted octanol–water partition coefficient (Wildman–Crippen LogP) is 2.56. The zero-order chi connectivity index (χ0) is 13.0. The Hall–Kier alpha value is -0.900. The molecule has 0 amide bonds. The molecule has 2 rings (SSSR count). The van der Waals surface area contributed by atoms with E-state index in [-0.39, 0.29) is 0 Å². The molecule has 0 spiro atoms. The smallest absolute Gasteiger partial charge is 0.138 e. The van der Waals surface area contributed by atoms with Crippen molar-refractivity contribution < 1.29 is 5.11 Å². The van der Waals surface area contributed by atoms with Crippen LogP contribution in [0.2, 0.25) is 0 Å². The first kappa shape index (κ1) is 13.5. The molecule has 1 aliphatic rings. The molecule has 1 saturated carbocycles. The third-order valence-corrected chi connectivity index (χ3v) is 4.26. The van der Waals surface area contributed by atoms with Crippen LogP contribution in [0.3, 0.4) is 0 Å². The predicted molar refractivity (Wildman–Crippen MR) is 71.2 cm³/mol. The van der Waals surface area contributed by atoms with Crippen molar-refractivity contribution >= 4 is 0 Å². The number of hydrogen-bond acceptors (Lipinski definition) is 3. The van der Waals surface area contributed by atoms with E-state index < -0.39 is 5.60 Å². The van der Waals surface area contributed by atoms with Crippen LogP contribution in [-0.4, -0.2) is 25.5 Å². The van der Waals surface area contributed by atoms with Crippen LogP contribution in [0.15, 0.2) is 6.33 Å². The highest BCUT2D eigenvalue weighted by molar-refractivity contribution is 4.99. The maximum absolute atomic E-state index is 10.9. The number of nitrogens with zero attached hydrogens (tertiary/aromatic N) is 3. The SMILES string of the molecule is CCCn1ncnc1CC1(O)CCCCC1CC. The fourth-order valence-corrected chi connectivity index (χ4v) is 3.21. The van der Waals surface area contributed by atoms with E-state index in [1.165, 1.54) is 6.42 Å². The van der Waals surface area contributed by atoms with Gasteiger partial charge in [0.2, 0.25) is 0 Å². The minimum atomic E-state index is -0.564. The van der Waals surface area contributed by atoms with Gasteiger partial charge >= 0.3 is 0 Å². The van der Waals surface area contributed by atoms with Crippen molar-refractivity contribution in [3.63, 3.8) is 0 Å². The molecular weight excluding hydrogens is 226 g/mol. The van der Waals surface area contributed by atoms with Crippen LogP contribution in [0.4, 0.5) is 0 Å². The maximum atomic E-state index is 10.9. The molecule has 1 heterocycles. The Bertz CT molecular complexity index is 377. The van der Waals surface area contributed by atoms with Gasteiger partial charge in [-0.1, -0.05) is 33.1 Å². The second-order valence-corrected chi connectivity index (χ2v) is 5.53. The fraction of sp³-hybridized carbons (Fsp3) is 0.857. The van der Waals surface area contributed by atoms with E-state index in [1.54, 1.807) is 6.33 Å². The minimum Gasteiger partial charge on any atom is -0.389 e.